The number of piperidine rings is 2. The SMILES string of the molecule is Cc1ncc(C(=O)N2CCC(N3CCC[C@H](C(=O)NC4CC4)C3)CC2)c(=O)[nH]1. The summed E-state index contributed by atoms with van der Waals surface area (Å²) in [5.41, 5.74) is -0.265. The van der Waals surface area contributed by atoms with Crippen LogP contribution in [0.2, 0.25) is 0 Å². The number of hydrogen-bond acceptors (Lipinski definition) is 5. The van der Waals surface area contributed by atoms with Crippen LogP contribution in [0.4, 0.5) is 0 Å². The van der Waals surface area contributed by atoms with Gasteiger partial charge in [-0.25, -0.2) is 4.98 Å². The molecule has 0 radical (unpaired) electrons. The fraction of sp³-hybridized carbons (Fsp3) is 0.700. The lowest BCUT2D eigenvalue weighted by molar-refractivity contribution is -0.127. The highest BCUT2D eigenvalue weighted by atomic mass is 16.2. The van der Waals surface area contributed by atoms with Gasteiger partial charge in [-0.3, -0.25) is 19.3 Å². The lowest BCUT2D eigenvalue weighted by atomic mass is 9.93. The molecule has 0 aromatic carbocycles. The third-order valence-corrected chi connectivity index (χ3v) is 6.17. The van der Waals surface area contributed by atoms with Crippen molar-refractivity contribution in [1.82, 2.24) is 25.1 Å². The first kappa shape index (κ1) is 19.1. The number of nitrogens with zero attached hydrogens (tertiary/aromatic N) is 3. The molecule has 3 fully saturated rings. The second-order valence-corrected chi connectivity index (χ2v) is 8.35. The van der Waals surface area contributed by atoms with E-state index in [1.165, 1.54) is 6.20 Å². The summed E-state index contributed by atoms with van der Waals surface area (Å²) < 4.78 is 0. The minimum absolute atomic E-state index is 0.0891. The Hall–Kier alpha value is -2.22. The molecule has 1 saturated carbocycles. The average molecular weight is 387 g/mol. The Morgan fingerprint density at radius 3 is 2.57 bits per heavy atom. The smallest absolute Gasteiger partial charge is 0.263 e. The number of aryl methyl sites for hydroxylation is 1. The van der Waals surface area contributed by atoms with Gasteiger partial charge < -0.3 is 15.2 Å². The van der Waals surface area contributed by atoms with E-state index in [1.54, 1.807) is 11.8 Å². The van der Waals surface area contributed by atoms with E-state index < -0.39 is 0 Å². The van der Waals surface area contributed by atoms with Crippen LogP contribution in [0.15, 0.2) is 11.0 Å². The van der Waals surface area contributed by atoms with Gasteiger partial charge in [-0.15, -0.1) is 0 Å². The van der Waals surface area contributed by atoms with E-state index in [2.05, 4.69) is 20.2 Å². The Bertz CT molecular complexity index is 795. The Morgan fingerprint density at radius 2 is 1.89 bits per heavy atom. The maximum atomic E-state index is 12.7. The predicted octanol–water partition coefficient (Wildman–Crippen LogP) is 0.674. The van der Waals surface area contributed by atoms with Crippen molar-refractivity contribution in [2.45, 2.75) is 57.5 Å². The second kappa shape index (κ2) is 8.03. The topological polar surface area (TPSA) is 98.4 Å². The van der Waals surface area contributed by atoms with Gasteiger partial charge in [0.1, 0.15) is 11.4 Å². The zero-order chi connectivity index (χ0) is 19.7. The number of aromatic nitrogens is 2. The van der Waals surface area contributed by atoms with Crippen molar-refractivity contribution in [3.8, 4) is 0 Å². The van der Waals surface area contributed by atoms with Crippen molar-refractivity contribution < 1.29 is 9.59 Å². The van der Waals surface area contributed by atoms with Crippen molar-refractivity contribution in [1.29, 1.82) is 0 Å². The van der Waals surface area contributed by atoms with Crippen LogP contribution in [0.1, 0.15) is 54.7 Å². The van der Waals surface area contributed by atoms with Gasteiger partial charge in [0.05, 0.1) is 5.92 Å². The van der Waals surface area contributed by atoms with E-state index in [-0.39, 0.29) is 28.9 Å². The van der Waals surface area contributed by atoms with Gasteiger partial charge in [0.25, 0.3) is 11.5 Å². The molecule has 2 aliphatic heterocycles. The molecule has 2 saturated heterocycles. The Morgan fingerprint density at radius 1 is 1.14 bits per heavy atom. The number of amides is 2. The summed E-state index contributed by atoms with van der Waals surface area (Å²) in [5.74, 6) is 0.565. The van der Waals surface area contributed by atoms with Gasteiger partial charge in [-0.1, -0.05) is 0 Å². The van der Waals surface area contributed by atoms with Gasteiger partial charge in [0, 0.05) is 37.9 Å². The van der Waals surface area contributed by atoms with Crippen molar-refractivity contribution >= 4 is 11.8 Å². The molecule has 28 heavy (non-hydrogen) atoms. The summed E-state index contributed by atoms with van der Waals surface area (Å²) in [5, 5.41) is 3.14. The molecule has 1 aromatic heterocycles. The van der Waals surface area contributed by atoms with Gasteiger partial charge in [-0.2, -0.15) is 0 Å². The maximum absolute atomic E-state index is 12.7. The number of carbonyl (C=O) groups excluding carboxylic acids is 2. The molecule has 3 heterocycles. The molecule has 0 unspecified atom stereocenters. The monoisotopic (exact) mass is 387 g/mol. The number of rotatable bonds is 4. The number of H-pyrrole nitrogens is 1. The molecule has 4 rings (SSSR count). The molecule has 3 aliphatic rings. The molecular formula is C20H29N5O3. The molecule has 1 aromatic rings. The summed E-state index contributed by atoms with van der Waals surface area (Å²) in [7, 11) is 0. The zero-order valence-electron chi connectivity index (χ0n) is 16.4. The van der Waals surface area contributed by atoms with Crippen molar-refractivity contribution in [2.75, 3.05) is 26.2 Å². The first-order chi connectivity index (χ1) is 13.5. The summed E-state index contributed by atoms with van der Waals surface area (Å²) in [4.78, 5) is 47.9. The van der Waals surface area contributed by atoms with E-state index in [1.807, 2.05) is 0 Å². The second-order valence-electron chi connectivity index (χ2n) is 8.35. The molecule has 8 nitrogen and oxygen atoms in total. The molecule has 2 amide bonds. The maximum Gasteiger partial charge on any atom is 0.263 e. The van der Waals surface area contributed by atoms with Gasteiger partial charge in [0.15, 0.2) is 0 Å². The molecule has 8 heteroatoms. The minimum Gasteiger partial charge on any atom is -0.353 e. The lowest BCUT2D eigenvalue weighted by Crippen LogP contribution is -2.52. The standard InChI is InChI=1S/C20H29N5O3/c1-13-21-11-17(19(27)22-13)20(28)24-9-6-16(7-10-24)25-8-2-3-14(12-25)18(26)23-15-4-5-15/h11,14-16H,2-10,12H2,1H3,(H,23,26)(H,21,22,27)/t14-/m0/s1. The highest BCUT2D eigenvalue weighted by molar-refractivity contribution is 5.93. The molecular weight excluding hydrogens is 358 g/mol. The van der Waals surface area contributed by atoms with Gasteiger partial charge in [-0.05, 0) is 52.0 Å². The highest BCUT2D eigenvalue weighted by Gasteiger charge is 2.34. The average Bonchev–Trinajstić information content (AvgIpc) is 3.52. The van der Waals surface area contributed by atoms with Gasteiger partial charge >= 0.3 is 0 Å². The van der Waals surface area contributed by atoms with E-state index in [0.29, 0.717) is 31.0 Å². The summed E-state index contributed by atoms with van der Waals surface area (Å²) >= 11 is 0. The quantitative estimate of drug-likeness (QED) is 0.791. The van der Waals surface area contributed by atoms with Crippen molar-refractivity contribution in [2.24, 2.45) is 5.92 Å². The number of nitrogens with one attached hydrogen (secondary N) is 2. The third kappa shape index (κ3) is 4.27. The first-order valence-corrected chi connectivity index (χ1v) is 10.4. The zero-order valence-corrected chi connectivity index (χ0v) is 16.4. The number of carbonyl (C=O) groups is 2. The van der Waals surface area contributed by atoms with E-state index in [4.69, 9.17) is 0 Å². The van der Waals surface area contributed by atoms with Crippen molar-refractivity contribution in [3.05, 3.63) is 27.9 Å². The third-order valence-electron chi connectivity index (χ3n) is 6.17. The summed E-state index contributed by atoms with van der Waals surface area (Å²) in [6.45, 7) is 4.79. The number of hydrogen-bond donors (Lipinski definition) is 2. The molecule has 1 aliphatic carbocycles. The van der Waals surface area contributed by atoms with Crippen LogP contribution >= 0.6 is 0 Å². The Labute approximate surface area is 164 Å². The summed E-state index contributed by atoms with van der Waals surface area (Å²) in [6.07, 6.45) is 7.37. The predicted molar refractivity (Wildman–Crippen MR) is 104 cm³/mol. The van der Waals surface area contributed by atoms with Crippen LogP contribution < -0.4 is 10.9 Å². The van der Waals surface area contributed by atoms with Crippen LogP contribution in [0.5, 0.6) is 0 Å². The van der Waals surface area contributed by atoms with Crippen LogP contribution in [0.25, 0.3) is 0 Å². The molecule has 2 N–H and O–H groups in total. The molecule has 0 bridgehead atoms. The molecule has 1 atom stereocenters. The van der Waals surface area contributed by atoms with E-state index >= 15 is 0 Å². The Balaban J connectivity index is 1.31. The van der Waals surface area contributed by atoms with Gasteiger partial charge in [0.2, 0.25) is 5.91 Å². The number of aromatic amines is 1. The fourth-order valence-corrected chi connectivity index (χ4v) is 4.34. The van der Waals surface area contributed by atoms with E-state index in [9.17, 15) is 14.4 Å². The van der Waals surface area contributed by atoms with Crippen LogP contribution in [0.3, 0.4) is 0 Å². The van der Waals surface area contributed by atoms with E-state index in [0.717, 1.165) is 51.6 Å². The molecule has 0 spiro atoms. The summed E-state index contributed by atoms with van der Waals surface area (Å²) in [6, 6.07) is 0.812. The van der Waals surface area contributed by atoms with Crippen LogP contribution in [-0.4, -0.2) is 69.8 Å². The first-order valence-electron chi connectivity index (χ1n) is 10.4. The largest absolute Gasteiger partial charge is 0.353 e. The lowest BCUT2D eigenvalue weighted by Gasteiger charge is -2.42. The highest BCUT2D eigenvalue weighted by Crippen LogP contribution is 2.26. The number of likely N-dealkylation sites (tertiary alicyclic amines) is 2. The Kier molecular flexibility index (Phi) is 5.48. The minimum atomic E-state index is -0.375. The molecule has 152 valence electrons. The van der Waals surface area contributed by atoms with Crippen LogP contribution in [-0.2, 0) is 4.79 Å². The normalized spacial score (nSPS) is 24.2. The van der Waals surface area contributed by atoms with Crippen molar-refractivity contribution in [3.63, 3.8) is 0 Å². The fourth-order valence-electron chi connectivity index (χ4n) is 4.34. The van der Waals surface area contributed by atoms with Crippen LogP contribution in [0, 0.1) is 12.8 Å².